The van der Waals surface area contributed by atoms with Crippen molar-refractivity contribution in [3.05, 3.63) is 36.9 Å². The fraction of sp³-hybridized carbons (Fsp3) is 0.231. The van der Waals surface area contributed by atoms with Crippen LogP contribution in [0.2, 0.25) is 0 Å². The van der Waals surface area contributed by atoms with E-state index < -0.39 is 0 Å². The molecule has 0 radical (unpaired) electrons. The van der Waals surface area contributed by atoms with Crippen molar-refractivity contribution in [3.8, 4) is 17.2 Å². The first-order valence-electron chi connectivity index (χ1n) is 4.89. The smallest absolute Gasteiger partial charge is 0.203 e. The molecule has 0 bridgehead atoms. The third-order valence-electron chi connectivity index (χ3n) is 2.06. The molecule has 0 aromatic heterocycles. The van der Waals surface area contributed by atoms with E-state index in [4.69, 9.17) is 14.2 Å². The lowest BCUT2D eigenvalue weighted by Crippen LogP contribution is -1.99. The highest BCUT2D eigenvalue weighted by molar-refractivity contribution is 5.61. The van der Waals surface area contributed by atoms with E-state index in [1.165, 1.54) is 0 Å². The van der Waals surface area contributed by atoms with E-state index in [2.05, 4.69) is 13.2 Å². The lowest BCUT2D eigenvalue weighted by Gasteiger charge is -2.14. The molecule has 3 nitrogen and oxygen atoms in total. The molecular formula is C13H16O3. The molecule has 16 heavy (non-hydrogen) atoms. The van der Waals surface area contributed by atoms with E-state index in [0.29, 0.717) is 23.9 Å². The molecule has 1 aromatic rings. The van der Waals surface area contributed by atoms with Gasteiger partial charge in [-0.1, -0.05) is 25.3 Å². The summed E-state index contributed by atoms with van der Waals surface area (Å²) in [6, 6.07) is 3.68. The van der Waals surface area contributed by atoms with Gasteiger partial charge in [0.25, 0.3) is 0 Å². The van der Waals surface area contributed by atoms with Gasteiger partial charge in [0.2, 0.25) is 5.75 Å². The fourth-order valence-electron chi connectivity index (χ4n) is 1.30. The summed E-state index contributed by atoms with van der Waals surface area (Å²) < 4.78 is 16.0. The second-order valence-electron chi connectivity index (χ2n) is 3.06. The van der Waals surface area contributed by atoms with Crippen LogP contribution in [-0.4, -0.2) is 20.8 Å². The molecule has 0 saturated heterocycles. The number of benzene rings is 1. The summed E-state index contributed by atoms with van der Waals surface area (Å²) in [4.78, 5) is 0. The first-order valence-corrected chi connectivity index (χ1v) is 4.89. The van der Waals surface area contributed by atoms with Crippen molar-refractivity contribution in [2.75, 3.05) is 20.8 Å². The molecule has 0 unspecified atom stereocenters. The summed E-state index contributed by atoms with van der Waals surface area (Å²) >= 11 is 0. The van der Waals surface area contributed by atoms with Crippen LogP contribution < -0.4 is 14.2 Å². The molecule has 0 saturated carbocycles. The minimum absolute atomic E-state index is 0.403. The number of rotatable bonds is 6. The summed E-state index contributed by atoms with van der Waals surface area (Å²) in [6.07, 6.45) is 3.39. The van der Waals surface area contributed by atoms with Gasteiger partial charge in [0, 0.05) is 0 Å². The number of ether oxygens (including phenoxy) is 3. The quantitative estimate of drug-likeness (QED) is 0.690. The Balaban J connectivity index is 3.19. The van der Waals surface area contributed by atoms with Crippen molar-refractivity contribution in [1.29, 1.82) is 0 Å². The highest BCUT2D eigenvalue weighted by atomic mass is 16.5. The highest BCUT2D eigenvalue weighted by Crippen LogP contribution is 2.38. The lowest BCUT2D eigenvalue weighted by atomic mass is 10.2. The Kier molecular flexibility index (Phi) is 4.45. The first kappa shape index (κ1) is 12.2. The van der Waals surface area contributed by atoms with Crippen LogP contribution >= 0.6 is 0 Å². The molecule has 0 aliphatic rings. The Morgan fingerprint density at radius 1 is 1.12 bits per heavy atom. The summed E-state index contributed by atoms with van der Waals surface area (Å²) in [6.45, 7) is 7.71. The normalized spacial score (nSPS) is 9.38. The molecular weight excluding hydrogens is 204 g/mol. The van der Waals surface area contributed by atoms with Crippen LogP contribution in [-0.2, 0) is 0 Å². The third kappa shape index (κ3) is 2.57. The van der Waals surface area contributed by atoms with Gasteiger partial charge < -0.3 is 14.2 Å². The Hall–Kier alpha value is -1.90. The maximum atomic E-state index is 5.50. The molecule has 3 heteroatoms. The van der Waals surface area contributed by atoms with Crippen molar-refractivity contribution >= 4 is 6.08 Å². The van der Waals surface area contributed by atoms with E-state index >= 15 is 0 Å². The van der Waals surface area contributed by atoms with E-state index in [1.54, 1.807) is 26.4 Å². The van der Waals surface area contributed by atoms with Crippen molar-refractivity contribution in [1.82, 2.24) is 0 Å². The van der Waals surface area contributed by atoms with E-state index in [1.807, 2.05) is 12.1 Å². The molecule has 86 valence electrons. The van der Waals surface area contributed by atoms with Gasteiger partial charge in [0.05, 0.1) is 14.2 Å². The Bertz CT molecular complexity index is 358. The third-order valence-corrected chi connectivity index (χ3v) is 2.06. The van der Waals surface area contributed by atoms with Crippen LogP contribution in [0.5, 0.6) is 17.2 Å². The maximum absolute atomic E-state index is 5.50. The van der Waals surface area contributed by atoms with Crippen LogP contribution in [0.4, 0.5) is 0 Å². The van der Waals surface area contributed by atoms with E-state index in [-0.39, 0.29) is 0 Å². The van der Waals surface area contributed by atoms with E-state index in [0.717, 1.165) is 5.56 Å². The standard InChI is InChI=1S/C13H16O3/c1-5-7-16-13-11(14-3)8-10(6-2)9-12(13)15-4/h5-6,8-9H,1-2,7H2,3-4H3. The number of hydrogen-bond acceptors (Lipinski definition) is 3. The predicted molar refractivity (Wildman–Crippen MR) is 65.3 cm³/mol. The molecule has 1 aromatic carbocycles. The van der Waals surface area contributed by atoms with Gasteiger partial charge in [-0.3, -0.25) is 0 Å². The molecule has 0 fully saturated rings. The minimum Gasteiger partial charge on any atom is -0.493 e. The largest absolute Gasteiger partial charge is 0.493 e. The zero-order valence-electron chi connectivity index (χ0n) is 9.66. The Labute approximate surface area is 95.9 Å². The van der Waals surface area contributed by atoms with Crippen LogP contribution in [0.15, 0.2) is 31.4 Å². The minimum atomic E-state index is 0.403. The molecule has 1 rings (SSSR count). The van der Waals surface area contributed by atoms with E-state index in [9.17, 15) is 0 Å². The van der Waals surface area contributed by atoms with Gasteiger partial charge in [0.1, 0.15) is 6.61 Å². The van der Waals surface area contributed by atoms with Gasteiger partial charge in [-0.15, -0.1) is 0 Å². The molecule has 0 heterocycles. The SMILES string of the molecule is C=CCOc1c(OC)cc(C=C)cc1OC. The number of hydrogen-bond donors (Lipinski definition) is 0. The maximum Gasteiger partial charge on any atom is 0.203 e. The summed E-state index contributed by atoms with van der Waals surface area (Å²) in [7, 11) is 3.17. The van der Waals surface area contributed by atoms with Crippen LogP contribution in [0.25, 0.3) is 6.08 Å². The van der Waals surface area contributed by atoms with Gasteiger partial charge in [-0.2, -0.15) is 0 Å². The van der Waals surface area contributed by atoms with Crippen LogP contribution in [0, 0.1) is 0 Å². The molecule has 0 aliphatic carbocycles. The van der Waals surface area contributed by atoms with Gasteiger partial charge >= 0.3 is 0 Å². The van der Waals surface area contributed by atoms with Crippen molar-refractivity contribution in [3.63, 3.8) is 0 Å². The lowest BCUT2D eigenvalue weighted by molar-refractivity contribution is 0.301. The first-order chi connectivity index (χ1) is 7.76. The zero-order chi connectivity index (χ0) is 12.0. The molecule has 0 amide bonds. The van der Waals surface area contributed by atoms with Crippen molar-refractivity contribution < 1.29 is 14.2 Å². The Morgan fingerprint density at radius 3 is 2.06 bits per heavy atom. The van der Waals surface area contributed by atoms with Crippen LogP contribution in [0.1, 0.15) is 5.56 Å². The topological polar surface area (TPSA) is 27.7 Å². The molecule has 0 atom stereocenters. The van der Waals surface area contributed by atoms with Gasteiger partial charge in [-0.05, 0) is 17.7 Å². The summed E-state index contributed by atoms with van der Waals surface area (Å²) in [5.41, 5.74) is 0.916. The fourth-order valence-corrected chi connectivity index (χ4v) is 1.30. The van der Waals surface area contributed by atoms with Gasteiger partial charge in [-0.25, -0.2) is 0 Å². The molecule has 0 spiro atoms. The number of methoxy groups -OCH3 is 2. The monoisotopic (exact) mass is 220 g/mol. The van der Waals surface area contributed by atoms with Crippen molar-refractivity contribution in [2.24, 2.45) is 0 Å². The average molecular weight is 220 g/mol. The Morgan fingerprint density at radius 2 is 1.69 bits per heavy atom. The van der Waals surface area contributed by atoms with Gasteiger partial charge in [0.15, 0.2) is 11.5 Å². The van der Waals surface area contributed by atoms with Crippen LogP contribution in [0.3, 0.4) is 0 Å². The molecule has 0 aliphatic heterocycles. The summed E-state index contributed by atoms with van der Waals surface area (Å²) in [5, 5.41) is 0. The summed E-state index contributed by atoms with van der Waals surface area (Å²) in [5.74, 6) is 1.82. The highest BCUT2D eigenvalue weighted by Gasteiger charge is 2.12. The average Bonchev–Trinajstić information content (AvgIpc) is 2.35. The predicted octanol–water partition coefficient (Wildman–Crippen LogP) is 2.91. The zero-order valence-corrected chi connectivity index (χ0v) is 9.66. The second kappa shape index (κ2) is 5.85. The van der Waals surface area contributed by atoms with Crippen molar-refractivity contribution in [2.45, 2.75) is 0 Å². The molecule has 0 N–H and O–H groups in total. The second-order valence-corrected chi connectivity index (χ2v) is 3.06.